The first-order valence-electron chi connectivity index (χ1n) is 6.88. The molecule has 4 heteroatoms. The highest BCUT2D eigenvalue weighted by atomic mass is 35.5. The van der Waals surface area contributed by atoms with Gasteiger partial charge in [-0.25, -0.2) is 0 Å². The van der Waals surface area contributed by atoms with Crippen LogP contribution in [0.15, 0.2) is 30.3 Å². The number of halogens is 1. The molecule has 2 atom stereocenters. The van der Waals surface area contributed by atoms with E-state index in [4.69, 9.17) is 0 Å². The predicted molar refractivity (Wildman–Crippen MR) is 78.6 cm³/mol. The second kappa shape index (κ2) is 6.40. The van der Waals surface area contributed by atoms with Crippen LogP contribution in [0.5, 0.6) is 0 Å². The Morgan fingerprint density at radius 3 is 2.63 bits per heavy atom. The first kappa shape index (κ1) is 14.4. The zero-order valence-electron chi connectivity index (χ0n) is 11.0. The van der Waals surface area contributed by atoms with E-state index in [1.807, 2.05) is 6.07 Å². The molecule has 0 saturated heterocycles. The van der Waals surface area contributed by atoms with Crippen molar-refractivity contribution >= 4 is 18.3 Å². The summed E-state index contributed by atoms with van der Waals surface area (Å²) in [6, 6.07) is 10.8. The summed E-state index contributed by atoms with van der Waals surface area (Å²) in [6.07, 6.45) is 3.74. The fourth-order valence-corrected chi connectivity index (χ4v) is 2.39. The van der Waals surface area contributed by atoms with Crippen LogP contribution in [-0.2, 0) is 4.79 Å². The maximum absolute atomic E-state index is 11.7. The molecule has 3 rings (SSSR count). The first-order valence-corrected chi connectivity index (χ1v) is 6.88. The van der Waals surface area contributed by atoms with Gasteiger partial charge in [-0.15, -0.1) is 12.4 Å². The van der Waals surface area contributed by atoms with Gasteiger partial charge in [-0.1, -0.05) is 30.3 Å². The van der Waals surface area contributed by atoms with E-state index in [-0.39, 0.29) is 18.3 Å². The summed E-state index contributed by atoms with van der Waals surface area (Å²) in [5, 5.41) is 6.32. The molecule has 104 valence electrons. The van der Waals surface area contributed by atoms with E-state index in [1.165, 1.54) is 18.4 Å². The summed E-state index contributed by atoms with van der Waals surface area (Å²) in [7, 11) is 0. The number of hydrogen-bond donors (Lipinski definition) is 2. The number of carbonyl (C=O) groups is 1. The molecule has 2 aliphatic rings. The minimum atomic E-state index is 0. The van der Waals surface area contributed by atoms with Crippen molar-refractivity contribution in [3.05, 3.63) is 35.9 Å². The van der Waals surface area contributed by atoms with Gasteiger partial charge in [-0.3, -0.25) is 4.79 Å². The molecule has 0 aromatic heterocycles. The van der Waals surface area contributed by atoms with Crippen LogP contribution in [0.4, 0.5) is 0 Å². The van der Waals surface area contributed by atoms with Crippen molar-refractivity contribution < 1.29 is 4.79 Å². The quantitative estimate of drug-likeness (QED) is 0.838. The molecule has 1 amide bonds. The molecular formula is C15H21ClN2O. The molecule has 2 fully saturated rings. The lowest BCUT2D eigenvalue weighted by atomic mass is 10.1. The van der Waals surface area contributed by atoms with Gasteiger partial charge >= 0.3 is 0 Å². The van der Waals surface area contributed by atoms with Gasteiger partial charge in [0.05, 0.1) is 6.54 Å². The molecule has 2 N–H and O–H groups in total. The summed E-state index contributed by atoms with van der Waals surface area (Å²) in [4.78, 5) is 11.7. The summed E-state index contributed by atoms with van der Waals surface area (Å²) in [5.74, 6) is 1.49. The highest BCUT2D eigenvalue weighted by molar-refractivity contribution is 5.85. The molecular weight excluding hydrogens is 260 g/mol. The molecule has 0 aliphatic heterocycles. The highest BCUT2D eigenvalue weighted by Gasteiger charge is 2.39. The third-order valence-electron chi connectivity index (χ3n) is 3.78. The largest absolute Gasteiger partial charge is 0.352 e. The second-order valence-corrected chi connectivity index (χ2v) is 5.50. The molecule has 0 heterocycles. The maximum atomic E-state index is 11.7. The van der Waals surface area contributed by atoms with Crippen LogP contribution in [0.2, 0.25) is 0 Å². The maximum Gasteiger partial charge on any atom is 0.234 e. The van der Waals surface area contributed by atoms with Gasteiger partial charge in [-0.2, -0.15) is 0 Å². The van der Waals surface area contributed by atoms with Gasteiger partial charge in [0.25, 0.3) is 0 Å². The molecule has 2 saturated carbocycles. The van der Waals surface area contributed by atoms with Crippen LogP contribution < -0.4 is 10.6 Å². The van der Waals surface area contributed by atoms with Crippen LogP contribution >= 0.6 is 12.4 Å². The number of amides is 1. The summed E-state index contributed by atoms with van der Waals surface area (Å²) in [6.45, 7) is 1.47. The smallest absolute Gasteiger partial charge is 0.234 e. The number of carbonyl (C=O) groups excluding carboxylic acids is 1. The number of nitrogens with one attached hydrogen (secondary N) is 2. The van der Waals surface area contributed by atoms with Gasteiger partial charge in [0, 0.05) is 12.0 Å². The zero-order chi connectivity index (χ0) is 12.4. The standard InChI is InChI=1S/C15H20N2O.ClH/c18-15(10-16-9-11-6-7-11)17-14-8-13(14)12-4-2-1-3-5-12;/h1-5,11,13-14,16H,6-10H2,(H,17,18);1H. The Bertz CT molecular complexity index is 419. The Morgan fingerprint density at radius 2 is 1.95 bits per heavy atom. The molecule has 2 aliphatic carbocycles. The van der Waals surface area contributed by atoms with E-state index in [0.717, 1.165) is 18.9 Å². The van der Waals surface area contributed by atoms with Crippen molar-refractivity contribution in [2.24, 2.45) is 5.92 Å². The lowest BCUT2D eigenvalue weighted by Gasteiger charge is -2.06. The summed E-state index contributed by atoms with van der Waals surface area (Å²) in [5.41, 5.74) is 1.34. The molecule has 1 aromatic rings. The molecule has 0 radical (unpaired) electrons. The molecule has 2 unspecified atom stereocenters. The van der Waals surface area contributed by atoms with Crippen LogP contribution in [-0.4, -0.2) is 25.0 Å². The fraction of sp³-hybridized carbons (Fsp3) is 0.533. The van der Waals surface area contributed by atoms with Crippen LogP contribution in [0, 0.1) is 5.92 Å². The molecule has 0 spiro atoms. The van der Waals surface area contributed by atoms with Crippen molar-refractivity contribution in [1.82, 2.24) is 10.6 Å². The van der Waals surface area contributed by atoms with Gasteiger partial charge in [-0.05, 0) is 37.3 Å². The predicted octanol–water partition coefficient (Wildman–Crippen LogP) is 2.08. The molecule has 19 heavy (non-hydrogen) atoms. The molecule has 3 nitrogen and oxygen atoms in total. The van der Waals surface area contributed by atoms with E-state index < -0.39 is 0 Å². The lowest BCUT2D eigenvalue weighted by molar-refractivity contribution is -0.120. The van der Waals surface area contributed by atoms with Crippen LogP contribution in [0.3, 0.4) is 0 Å². The molecule has 1 aromatic carbocycles. The van der Waals surface area contributed by atoms with Gasteiger partial charge in [0.2, 0.25) is 5.91 Å². The first-order chi connectivity index (χ1) is 8.83. The van der Waals surface area contributed by atoms with E-state index in [1.54, 1.807) is 0 Å². The number of hydrogen-bond acceptors (Lipinski definition) is 2. The van der Waals surface area contributed by atoms with Crippen molar-refractivity contribution in [3.63, 3.8) is 0 Å². The van der Waals surface area contributed by atoms with E-state index >= 15 is 0 Å². The monoisotopic (exact) mass is 280 g/mol. The summed E-state index contributed by atoms with van der Waals surface area (Å²) >= 11 is 0. The average Bonchev–Trinajstić information content (AvgIpc) is 3.26. The van der Waals surface area contributed by atoms with Gasteiger partial charge < -0.3 is 10.6 Å². The Morgan fingerprint density at radius 1 is 1.21 bits per heavy atom. The van der Waals surface area contributed by atoms with Crippen LogP contribution in [0.25, 0.3) is 0 Å². The third kappa shape index (κ3) is 4.22. The minimum absolute atomic E-state index is 0. The number of benzene rings is 1. The number of rotatable bonds is 6. The van der Waals surface area contributed by atoms with Crippen molar-refractivity contribution in [3.8, 4) is 0 Å². The van der Waals surface area contributed by atoms with E-state index in [2.05, 4.69) is 34.9 Å². The van der Waals surface area contributed by atoms with Crippen LogP contribution in [0.1, 0.15) is 30.7 Å². The normalized spacial score (nSPS) is 24.4. The Labute approximate surface area is 120 Å². The van der Waals surface area contributed by atoms with E-state index in [0.29, 0.717) is 18.5 Å². The molecule has 0 bridgehead atoms. The third-order valence-corrected chi connectivity index (χ3v) is 3.78. The second-order valence-electron chi connectivity index (χ2n) is 5.50. The SMILES string of the molecule is Cl.O=C(CNCC1CC1)NC1CC1c1ccccc1. The lowest BCUT2D eigenvalue weighted by Crippen LogP contribution is -2.36. The Hall–Kier alpha value is -1.06. The Balaban J connectivity index is 0.00000133. The highest BCUT2D eigenvalue weighted by Crippen LogP contribution is 2.40. The zero-order valence-corrected chi connectivity index (χ0v) is 11.8. The Kier molecular flexibility index (Phi) is 4.83. The fourth-order valence-electron chi connectivity index (χ4n) is 2.39. The average molecular weight is 281 g/mol. The van der Waals surface area contributed by atoms with Gasteiger partial charge in [0.1, 0.15) is 0 Å². The van der Waals surface area contributed by atoms with Crippen molar-refractivity contribution in [2.75, 3.05) is 13.1 Å². The van der Waals surface area contributed by atoms with E-state index in [9.17, 15) is 4.79 Å². The van der Waals surface area contributed by atoms with Gasteiger partial charge in [0.15, 0.2) is 0 Å². The van der Waals surface area contributed by atoms with Crippen molar-refractivity contribution in [2.45, 2.75) is 31.2 Å². The van der Waals surface area contributed by atoms with Crippen molar-refractivity contribution in [1.29, 1.82) is 0 Å². The summed E-state index contributed by atoms with van der Waals surface area (Å²) < 4.78 is 0. The minimum Gasteiger partial charge on any atom is -0.352 e. The topological polar surface area (TPSA) is 41.1 Å².